The molecule has 78 valence electrons. The van der Waals surface area contributed by atoms with Crippen molar-refractivity contribution in [3.63, 3.8) is 0 Å². The molecule has 0 amide bonds. The Bertz CT molecular complexity index is 381. The highest BCUT2D eigenvalue weighted by Crippen LogP contribution is 2.31. The Labute approximate surface area is 90.5 Å². The van der Waals surface area contributed by atoms with Crippen LogP contribution in [0.5, 0.6) is 0 Å². The zero-order chi connectivity index (χ0) is 10.7. The zero-order valence-corrected chi connectivity index (χ0v) is 8.98. The van der Waals surface area contributed by atoms with Gasteiger partial charge >= 0.3 is 0 Å². The van der Waals surface area contributed by atoms with Gasteiger partial charge in [-0.1, -0.05) is 12.1 Å². The molecule has 0 spiro atoms. The monoisotopic (exact) mass is 201 g/mol. The molecule has 0 atom stereocenters. The SMILES string of the molecule is CN1CCN(CCC#N)c2ccccc21. The molecule has 0 bridgehead atoms. The van der Waals surface area contributed by atoms with E-state index in [-0.39, 0.29) is 0 Å². The highest BCUT2D eigenvalue weighted by molar-refractivity contribution is 5.73. The summed E-state index contributed by atoms with van der Waals surface area (Å²) in [5, 5.41) is 8.61. The molecule has 15 heavy (non-hydrogen) atoms. The fraction of sp³-hybridized carbons (Fsp3) is 0.417. The van der Waals surface area contributed by atoms with Crippen molar-refractivity contribution in [3.8, 4) is 6.07 Å². The van der Waals surface area contributed by atoms with Gasteiger partial charge in [0.05, 0.1) is 23.9 Å². The predicted octanol–water partition coefficient (Wildman–Crippen LogP) is 1.86. The lowest BCUT2D eigenvalue weighted by Crippen LogP contribution is -2.39. The van der Waals surface area contributed by atoms with Crippen LogP contribution in [0.15, 0.2) is 24.3 Å². The lowest BCUT2D eigenvalue weighted by atomic mass is 10.1. The van der Waals surface area contributed by atoms with E-state index in [1.807, 2.05) is 0 Å². The molecule has 0 aliphatic carbocycles. The smallest absolute Gasteiger partial charge is 0.0640 e. The van der Waals surface area contributed by atoms with Crippen LogP contribution in [0, 0.1) is 11.3 Å². The summed E-state index contributed by atoms with van der Waals surface area (Å²) in [7, 11) is 2.11. The molecule has 0 aromatic heterocycles. The highest BCUT2D eigenvalue weighted by atomic mass is 15.2. The molecule has 1 aromatic carbocycles. The van der Waals surface area contributed by atoms with Crippen molar-refractivity contribution in [2.75, 3.05) is 36.5 Å². The maximum atomic E-state index is 8.61. The van der Waals surface area contributed by atoms with Gasteiger partial charge in [-0.3, -0.25) is 0 Å². The lowest BCUT2D eigenvalue weighted by molar-refractivity contribution is 0.736. The van der Waals surface area contributed by atoms with Crippen molar-refractivity contribution >= 4 is 11.4 Å². The summed E-state index contributed by atoms with van der Waals surface area (Å²) < 4.78 is 0. The first-order chi connectivity index (χ1) is 7.33. The third-order valence-electron chi connectivity index (χ3n) is 2.83. The number of hydrogen-bond acceptors (Lipinski definition) is 3. The van der Waals surface area contributed by atoms with E-state index in [4.69, 9.17) is 5.26 Å². The summed E-state index contributed by atoms with van der Waals surface area (Å²) in [5.74, 6) is 0. The summed E-state index contributed by atoms with van der Waals surface area (Å²) in [6, 6.07) is 10.6. The zero-order valence-electron chi connectivity index (χ0n) is 8.98. The van der Waals surface area contributed by atoms with Gasteiger partial charge < -0.3 is 9.80 Å². The highest BCUT2D eigenvalue weighted by Gasteiger charge is 2.18. The van der Waals surface area contributed by atoms with E-state index in [1.54, 1.807) is 0 Å². The van der Waals surface area contributed by atoms with Crippen LogP contribution in [0.3, 0.4) is 0 Å². The minimum Gasteiger partial charge on any atom is -0.371 e. The van der Waals surface area contributed by atoms with E-state index < -0.39 is 0 Å². The van der Waals surface area contributed by atoms with Gasteiger partial charge in [0, 0.05) is 26.7 Å². The van der Waals surface area contributed by atoms with Crippen LogP contribution in [0.4, 0.5) is 11.4 Å². The molecule has 1 heterocycles. The van der Waals surface area contributed by atoms with Crippen molar-refractivity contribution in [3.05, 3.63) is 24.3 Å². The molecule has 0 fully saturated rings. The lowest BCUT2D eigenvalue weighted by Gasteiger charge is -2.36. The first-order valence-electron chi connectivity index (χ1n) is 5.25. The summed E-state index contributed by atoms with van der Waals surface area (Å²) in [6.45, 7) is 2.87. The topological polar surface area (TPSA) is 30.3 Å². The summed E-state index contributed by atoms with van der Waals surface area (Å²) in [5.41, 5.74) is 2.52. The Morgan fingerprint density at radius 3 is 2.73 bits per heavy atom. The van der Waals surface area contributed by atoms with Gasteiger partial charge in [0.25, 0.3) is 0 Å². The van der Waals surface area contributed by atoms with Gasteiger partial charge in [-0.15, -0.1) is 0 Å². The first-order valence-corrected chi connectivity index (χ1v) is 5.25. The second-order valence-corrected chi connectivity index (χ2v) is 3.81. The van der Waals surface area contributed by atoms with Gasteiger partial charge in [0.2, 0.25) is 0 Å². The van der Waals surface area contributed by atoms with Crippen molar-refractivity contribution in [2.24, 2.45) is 0 Å². The molecule has 1 aromatic rings. The van der Waals surface area contributed by atoms with Crippen LogP contribution in [0.2, 0.25) is 0 Å². The van der Waals surface area contributed by atoms with Gasteiger partial charge in [-0.05, 0) is 12.1 Å². The van der Waals surface area contributed by atoms with Crippen molar-refractivity contribution in [1.29, 1.82) is 5.26 Å². The average Bonchev–Trinajstić information content (AvgIpc) is 2.29. The normalized spacial score (nSPS) is 14.7. The molecule has 3 nitrogen and oxygen atoms in total. The van der Waals surface area contributed by atoms with Crippen molar-refractivity contribution in [2.45, 2.75) is 6.42 Å². The molecule has 0 saturated carbocycles. The molecule has 0 N–H and O–H groups in total. The molecule has 1 aliphatic rings. The molecule has 0 radical (unpaired) electrons. The largest absolute Gasteiger partial charge is 0.371 e. The Morgan fingerprint density at radius 2 is 2.00 bits per heavy atom. The minimum absolute atomic E-state index is 0.595. The molecule has 0 unspecified atom stereocenters. The maximum absolute atomic E-state index is 8.61. The van der Waals surface area contributed by atoms with E-state index in [2.05, 4.69) is 47.2 Å². The molecule has 2 rings (SSSR count). The van der Waals surface area contributed by atoms with Crippen molar-refractivity contribution < 1.29 is 0 Å². The van der Waals surface area contributed by atoms with Crippen molar-refractivity contribution in [1.82, 2.24) is 0 Å². The van der Waals surface area contributed by atoms with Crippen LogP contribution in [-0.4, -0.2) is 26.7 Å². The van der Waals surface area contributed by atoms with Gasteiger partial charge in [0.1, 0.15) is 0 Å². The second-order valence-electron chi connectivity index (χ2n) is 3.81. The van der Waals surface area contributed by atoms with E-state index in [1.165, 1.54) is 11.4 Å². The summed E-state index contributed by atoms with van der Waals surface area (Å²) in [6.07, 6.45) is 0.595. The van der Waals surface area contributed by atoms with E-state index in [0.29, 0.717) is 6.42 Å². The number of anilines is 2. The van der Waals surface area contributed by atoms with Crippen LogP contribution in [-0.2, 0) is 0 Å². The number of nitrogens with zero attached hydrogens (tertiary/aromatic N) is 3. The van der Waals surface area contributed by atoms with Crippen LogP contribution in [0.1, 0.15) is 6.42 Å². The Kier molecular flexibility index (Phi) is 2.77. The third-order valence-corrected chi connectivity index (χ3v) is 2.83. The first kappa shape index (κ1) is 9.85. The fourth-order valence-corrected chi connectivity index (χ4v) is 1.98. The number of hydrogen-bond donors (Lipinski definition) is 0. The Balaban J connectivity index is 2.25. The number of nitriles is 1. The number of fused-ring (bicyclic) bond motifs is 1. The second kappa shape index (κ2) is 4.22. The van der Waals surface area contributed by atoms with E-state index in [0.717, 1.165) is 19.6 Å². The van der Waals surface area contributed by atoms with Crippen LogP contribution in [0.25, 0.3) is 0 Å². The molecule has 1 aliphatic heterocycles. The van der Waals surface area contributed by atoms with E-state index in [9.17, 15) is 0 Å². The van der Waals surface area contributed by atoms with Crippen LogP contribution >= 0.6 is 0 Å². The van der Waals surface area contributed by atoms with Crippen LogP contribution < -0.4 is 9.80 Å². The maximum Gasteiger partial charge on any atom is 0.0640 e. The molecular formula is C12H15N3. The Morgan fingerprint density at radius 1 is 1.27 bits per heavy atom. The number of benzene rings is 1. The van der Waals surface area contributed by atoms with Gasteiger partial charge in [0.15, 0.2) is 0 Å². The standard InChI is InChI=1S/C12H15N3/c1-14-9-10-15(8-4-7-13)12-6-3-2-5-11(12)14/h2-3,5-6H,4,8-10H2,1H3. The third kappa shape index (κ3) is 1.89. The number of rotatable bonds is 2. The fourth-order valence-electron chi connectivity index (χ4n) is 1.98. The van der Waals surface area contributed by atoms with E-state index >= 15 is 0 Å². The quantitative estimate of drug-likeness (QED) is 0.731. The summed E-state index contributed by atoms with van der Waals surface area (Å²) in [4.78, 5) is 4.55. The Hall–Kier alpha value is -1.69. The number of likely N-dealkylation sites (N-methyl/N-ethyl adjacent to an activating group) is 1. The molecule has 0 saturated heterocycles. The minimum atomic E-state index is 0.595. The molecular weight excluding hydrogens is 186 g/mol. The number of para-hydroxylation sites is 2. The van der Waals surface area contributed by atoms with Gasteiger partial charge in [-0.2, -0.15) is 5.26 Å². The predicted molar refractivity (Wildman–Crippen MR) is 62.2 cm³/mol. The summed E-state index contributed by atoms with van der Waals surface area (Å²) >= 11 is 0. The van der Waals surface area contributed by atoms with Gasteiger partial charge in [-0.25, -0.2) is 0 Å². The average molecular weight is 201 g/mol. The molecule has 3 heteroatoms.